The van der Waals surface area contributed by atoms with Crippen molar-refractivity contribution in [2.45, 2.75) is 44.7 Å². The number of hydrogen-bond acceptors (Lipinski definition) is 4. The van der Waals surface area contributed by atoms with Gasteiger partial charge in [0.1, 0.15) is 18.4 Å². The van der Waals surface area contributed by atoms with Crippen LogP contribution in [-0.2, 0) is 32.6 Å². The van der Waals surface area contributed by atoms with Gasteiger partial charge < -0.3 is 10.2 Å². The average Bonchev–Trinajstić information content (AvgIpc) is 3.00. The van der Waals surface area contributed by atoms with E-state index in [2.05, 4.69) is 5.32 Å². The van der Waals surface area contributed by atoms with Gasteiger partial charge >= 0.3 is 0 Å². The number of anilines is 1. The summed E-state index contributed by atoms with van der Waals surface area (Å²) in [6, 6.07) is 27.3. The van der Waals surface area contributed by atoms with E-state index in [0.717, 1.165) is 38.7 Å². The van der Waals surface area contributed by atoms with Gasteiger partial charge in [-0.05, 0) is 68.3 Å². The number of sulfonamides is 1. The van der Waals surface area contributed by atoms with Crippen molar-refractivity contribution in [2.24, 2.45) is 0 Å². The predicted molar refractivity (Wildman–Crippen MR) is 166 cm³/mol. The molecule has 4 aromatic carbocycles. The van der Waals surface area contributed by atoms with Crippen LogP contribution in [0.5, 0.6) is 0 Å². The fourth-order valence-electron chi connectivity index (χ4n) is 4.71. The van der Waals surface area contributed by atoms with E-state index in [0.29, 0.717) is 6.54 Å². The molecule has 0 fully saturated rings. The second-order valence-electron chi connectivity index (χ2n) is 10.4. The van der Waals surface area contributed by atoms with Gasteiger partial charge in [-0.25, -0.2) is 12.8 Å². The third-order valence-electron chi connectivity index (χ3n) is 7.10. The molecule has 0 heterocycles. The monoisotopic (exact) mass is 601 g/mol. The van der Waals surface area contributed by atoms with E-state index in [1.54, 1.807) is 19.1 Å². The van der Waals surface area contributed by atoms with Gasteiger partial charge in [0.25, 0.3) is 10.0 Å². The first-order chi connectivity index (χ1) is 20.6. The molecule has 0 aromatic heterocycles. The number of carbonyl (C=O) groups is 2. The van der Waals surface area contributed by atoms with Crippen LogP contribution in [0.3, 0.4) is 0 Å². The number of nitrogens with one attached hydrogen (secondary N) is 1. The average molecular weight is 602 g/mol. The molecule has 1 N–H and O–H groups in total. The number of hydrogen-bond donors (Lipinski definition) is 1. The molecule has 9 heteroatoms. The Hall–Kier alpha value is -4.50. The van der Waals surface area contributed by atoms with E-state index in [9.17, 15) is 22.4 Å². The van der Waals surface area contributed by atoms with Crippen LogP contribution in [0.4, 0.5) is 10.1 Å². The Morgan fingerprint density at radius 1 is 0.791 bits per heavy atom. The number of benzene rings is 4. The van der Waals surface area contributed by atoms with E-state index in [1.165, 1.54) is 29.2 Å². The maximum Gasteiger partial charge on any atom is 0.264 e. The van der Waals surface area contributed by atoms with Gasteiger partial charge in [0.15, 0.2) is 0 Å². The lowest BCUT2D eigenvalue weighted by Gasteiger charge is -2.33. The molecule has 1 atom stereocenters. The summed E-state index contributed by atoms with van der Waals surface area (Å²) >= 11 is 0. The Labute approximate surface area is 253 Å². The van der Waals surface area contributed by atoms with Crippen LogP contribution < -0.4 is 9.62 Å². The van der Waals surface area contributed by atoms with Crippen molar-refractivity contribution in [1.29, 1.82) is 0 Å². The summed E-state index contributed by atoms with van der Waals surface area (Å²) in [5.41, 5.74) is 3.68. The quantitative estimate of drug-likeness (QED) is 0.235. The molecular weight excluding hydrogens is 565 g/mol. The Kier molecular flexibility index (Phi) is 10.3. The third-order valence-corrected chi connectivity index (χ3v) is 8.89. The number of halogens is 1. The topological polar surface area (TPSA) is 86.8 Å². The van der Waals surface area contributed by atoms with E-state index < -0.39 is 34.3 Å². The largest absolute Gasteiger partial charge is 0.355 e. The van der Waals surface area contributed by atoms with Crippen molar-refractivity contribution in [3.63, 3.8) is 0 Å². The number of rotatable bonds is 12. The van der Waals surface area contributed by atoms with Gasteiger partial charge in [0.05, 0.1) is 10.6 Å². The molecule has 2 amide bonds. The molecule has 0 aliphatic heterocycles. The summed E-state index contributed by atoms with van der Waals surface area (Å²) in [5.74, 6) is -1.46. The Morgan fingerprint density at radius 2 is 1.37 bits per heavy atom. The molecule has 0 spiro atoms. The zero-order valence-corrected chi connectivity index (χ0v) is 25.4. The van der Waals surface area contributed by atoms with Gasteiger partial charge in [0.2, 0.25) is 11.8 Å². The molecule has 0 saturated heterocycles. The van der Waals surface area contributed by atoms with E-state index >= 15 is 0 Å². The van der Waals surface area contributed by atoms with Crippen LogP contribution in [0.15, 0.2) is 108 Å². The second-order valence-corrected chi connectivity index (χ2v) is 12.3. The summed E-state index contributed by atoms with van der Waals surface area (Å²) < 4.78 is 42.8. The SMILES string of the molecule is CCNC(=O)[C@@H](Cc1ccccc1)N(Cc1ccc(C)cc1)C(=O)CN(c1ccc(F)cc1)S(=O)(=O)c1ccc(C)cc1. The maximum atomic E-state index is 14.3. The number of carbonyl (C=O) groups excluding carboxylic acids is 2. The molecule has 0 unspecified atom stereocenters. The smallest absolute Gasteiger partial charge is 0.264 e. The first kappa shape index (κ1) is 31.4. The number of nitrogens with zero attached hydrogens (tertiary/aromatic N) is 2. The minimum absolute atomic E-state index is 0.00938. The van der Waals surface area contributed by atoms with Crippen molar-refractivity contribution >= 4 is 27.5 Å². The Balaban J connectivity index is 1.78. The molecule has 224 valence electrons. The molecule has 43 heavy (non-hydrogen) atoms. The summed E-state index contributed by atoms with van der Waals surface area (Å²) in [6.07, 6.45) is 0.228. The standard InChI is InChI=1S/C34H36FN3O4S/c1-4-36-34(40)32(22-27-8-6-5-7-9-27)37(23-28-14-10-25(2)11-15-28)33(39)24-38(30-18-16-29(35)17-19-30)43(41,42)31-20-12-26(3)13-21-31/h5-21,32H,4,22-24H2,1-3H3,(H,36,40)/t32-/m1/s1. The molecule has 0 aliphatic rings. The van der Waals surface area contributed by atoms with E-state index in [-0.39, 0.29) is 29.5 Å². The highest BCUT2D eigenvalue weighted by Crippen LogP contribution is 2.26. The minimum Gasteiger partial charge on any atom is -0.355 e. The molecule has 7 nitrogen and oxygen atoms in total. The van der Waals surface area contributed by atoms with Crippen LogP contribution in [-0.4, -0.2) is 44.3 Å². The summed E-state index contributed by atoms with van der Waals surface area (Å²) in [7, 11) is -4.24. The molecule has 4 rings (SSSR count). The van der Waals surface area contributed by atoms with Crippen molar-refractivity contribution in [2.75, 3.05) is 17.4 Å². The van der Waals surface area contributed by atoms with E-state index in [4.69, 9.17) is 0 Å². The third kappa shape index (κ3) is 8.08. The lowest BCUT2D eigenvalue weighted by Crippen LogP contribution is -2.53. The fraction of sp³-hybridized carbons (Fsp3) is 0.235. The number of amides is 2. The van der Waals surface area contributed by atoms with Crippen LogP contribution in [0.2, 0.25) is 0 Å². The van der Waals surface area contributed by atoms with Crippen LogP contribution in [0.1, 0.15) is 29.2 Å². The normalized spacial score (nSPS) is 11.9. The number of likely N-dealkylation sites (N-methyl/N-ethyl adjacent to an activating group) is 1. The molecule has 0 saturated carbocycles. The van der Waals surface area contributed by atoms with Crippen LogP contribution in [0.25, 0.3) is 0 Å². The summed E-state index contributed by atoms with van der Waals surface area (Å²) in [6.45, 7) is 5.44. The van der Waals surface area contributed by atoms with Crippen molar-refractivity contribution in [1.82, 2.24) is 10.2 Å². The fourth-order valence-corrected chi connectivity index (χ4v) is 6.12. The van der Waals surface area contributed by atoms with E-state index in [1.807, 2.05) is 68.4 Å². The van der Waals surface area contributed by atoms with Crippen LogP contribution >= 0.6 is 0 Å². The minimum atomic E-state index is -4.24. The van der Waals surface area contributed by atoms with Gasteiger partial charge in [0, 0.05) is 19.5 Å². The zero-order chi connectivity index (χ0) is 31.0. The zero-order valence-electron chi connectivity index (χ0n) is 24.5. The number of aryl methyl sites for hydroxylation is 2. The second kappa shape index (κ2) is 14.1. The first-order valence-electron chi connectivity index (χ1n) is 14.1. The predicted octanol–water partition coefficient (Wildman–Crippen LogP) is 5.41. The molecule has 0 aliphatic carbocycles. The lowest BCUT2D eigenvalue weighted by atomic mass is 10.0. The van der Waals surface area contributed by atoms with Crippen molar-refractivity contribution < 1.29 is 22.4 Å². The molecule has 0 radical (unpaired) electrons. The molecule has 4 aromatic rings. The summed E-state index contributed by atoms with van der Waals surface area (Å²) in [4.78, 5) is 29.2. The highest BCUT2D eigenvalue weighted by molar-refractivity contribution is 7.92. The van der Waals surface area contributed by atoms with Crippen LogP contribution in [0, 0.1) is 19.7 Å². The summed E-state index contributed by atoms with van der Waals surface area (Å²) in [5, 5.41) is 2.84. The Morgan fingerprint density at radius 3 is 1.95 bits per heavy atom. The van der Waals surface area contributed by atoms with Crippen molar-refractivity contribution in [3.8, 4) is 0 Å². The molecule has 0 bridgehead atoms. The lowest BCUT2D eigenvalue weighted by molar-refractivity contribution is -0.140. The van der Waals surface area contributed by atoms with Gasteiger partial charge in [-0.3, -0.25) is 13.9 Å². The molecular formula is C34H36FN3O4S. The first-order valence-corrected chi connectivity index (χ1v) is 15.5. The maximum absolute atomic E-state index is 14.3. The highest BCUT2D eigenvalue weighted by Gasteiger charge is 2.34. The van der Waals surface area contributed by atoms with Gasteiger partial charge in [-0.1, -0.05) is 77.9 Å². The van der Waals surface area contributed by atoms with Crippen molar-refractivity contribution in [3.05, 3.63) is 131 Å². The highest BCUT2D eigenvalue weighted by atomic mass is 32.2. The Bertz CT molecular complexity index is 1630. The van der Waals surface area contributed by atoms with Gasteiger partial charge in [-0.15, -0.1) is 0 Å². The van der Waals surface area contributed by atoms with Gasteiger partial charge in [-0.2, -0.15) is 0 Å².